The maximum Gasteiger partial charge on any atom is 0.243 e. The van der Waals surface area contributed by atoms with Crippen LogP contribution in [0.5, 0.6) is 0 Å². The zero-order valence-corrected chi connectivity index (χ0v) is 16.2. The van der Waals surface area contributed by atoms with Crippen molar-refractivity contribution in [1.29, 1.82) is 0 Å². The molecule has 0 N–H and O–H groups in total. The molecule has 0 aliphatic rings. The van der Waals surface area contributed by atoms with Crippen LogP contribution in [-0.4, -0.2) is 21.5 Å². The molecule has 0 aliphatic heterocycles. The van der Waals surface area contributed by atoms with Crippen molar-refractivity contribution in [3.63, 3.8) is 0 Å². The van der Waals surface area contributed by atoms with Crippen molar-refractivity contribution in [3.05, 3.63) is 67.8 Å². The van der Waals surface area contributed by atoms with Gasteiger partial charge in [0.05, 0.1) is 26.2 Å². The van der Waals surface area contributed by atoms with E-state index in [1.165, 1.54) is 17.6 Å². The smallest absolute Gasteiger partial charge is 0.237 e. The van der Waals surface area contributed by atoms with Gasteiger partial charge < -0.3 is 0 Å². The monoisotopic (exact) mass is 356 g/mol. The fourth-order valence-corrected chi connectivity index (χ4v) is 5.28. The Morgan fingerprint density at radius 1 is 0.800 bits per heavy atom. The highest BCUT2D eigenvalue weighted by Crippen LogP contribution is 2.33. The van der Waals surface area contributed by atoms with Crippen LogP contribution in [0.2, 0.25) is 0 Å². The highest BCUT2D eigenvalue weighted by atomic mass is 31.1. The Balaban J connectivity index is 1.64. The molecule has 0 unspecified atom stereocenters. The molecule has 4 nitrogen and oxygen atoms in total. The molecule has 0 saturated heterocycles. The number of aryl methyl sites for hydroxylation is 4. The number of hydrogen-bond acceptors (Lipinski definition) is 0. The standard InChI is InChI=1S/C20H29N4P/c1-3-21-10-12-23(18-21)14-16-25(20-8-6-5-7-9-20)17-15-24-13-11-22(4-2)19-24/h5-13,18-19H,3-4,14-17H2,1-2H3/q+2. The third kappa shape index (κ3) is 5.02. The molecule has 3 rings (SSSR count). The minimum absolute atomic E-state index is 0.153. The average Bonchev–Trinajstić information content (AvgIpc) is 3.31. The van der Waals surface area contributed by atoms with Crippen LogP contribution >= 0.6 is 7.92 Å². The lowest BCUT2D eigenvalue weighted by Crippen LogP contribution is -2.36. The van der Waals surface area contributed by atoms with Crippen LogP contribution in [0.15, 0.2) is 67.8 Å². The summed E-state index contributed by atoms with van der Waals surface area (Å²) < 4.78 is 9.10. The van der Waals surface area contributed by atoms with Gasteiger partial charge in [-0.1, -0.05) is 38.3 Å². The van der Waals surface area contributed by atoms with Gasteiger partial charge in [0.2, 0.25) is 12.7 Å². The van der Waals surface area contributed by atoms with Gasteiger partial charge >= 0.3 is 0 Å². The van der Waals surface area contributed by atoms with Crippen molar-refractivity contribution in [1.82, 2.24) is 9.13 Å². The fourth-order valence-electron chi connectivity index (χ4n) is 3.00. The Kier molecular flexibility index (Phi) is 6.41. The van der Waals surface area contributed by atoms with Gasteiger partial charge in [-0.25, -0.2) is 18.3 Å². The van der Waals surface area contributed by atoms with E-state index >= 15 is 0 Å². The van der Waals surface area contributed by atoms with Crippen LogP contribution in [0.4, 0.5) is 0 Å². The summed E-state index contributed by atoms with van der Waals surface area (Å²) in [6, 6.07) is 11.1. The molecule has 2 heterocycles. The minimum atomic E-state index is -0.153. The highest BCUT2D eigenvalue weighted by Gasteiger charge is 2.14. The maximum atomic E-state index is 2.32. The van der Waals surface area contributed by atoms with E-state index in [0.717, 1.165) is 26.2 Å². The number of rotatable bonds is 9. The summed E-state index contributed by atoms with van der Waals surface area (Å²) in [6.45, 7) is 8.61. The molecule has 5 heteroatoms. The third-order valence-corrected chi connectivity index (χ3v) is 7.11. The lowest BCUT2D eigenvalue weighted by molar-refractivity contribution is -0.693. The van der Waals surface area contributed by atoms with Gasteiger partial charge in [0.15, 0.2) is 0 Å². The topological polar surface area (TPSA) is 17.6 Å². The zero-order valence-electron chi connectivity index (χ0n) is 15.3. The van der Waals surface area contributed by atoms with Crippen molar-refractivity contribution in [3.8, 4) is 0 Å². The quantitative estimate of drug-likeness (QED) is 0.414. The Bertz CT molecular complexity index is 717. The summed E-state index contributed by atoms with van der Waals surface area (Å²) in [5.74, 6) is 0. The largest absolute Gasteiger partial charge is 0.243 e. The SMILES string of the molecule is CCn1cc[n+](CCP(CC[n+]2ccn(CC)c2)c2ccccc2)c1. The van der Waals surface area contributed by atoms with E-state index in [1.807, 2.05) is 0 Å². The van der Waals surface area contributed by atoms with E-state index in [-0.39, 0.29) is 7.92 Å². The normalized spacial score (nSPS) is 11.3. The van der Waals surface area contributed by atoms with Gasteiger partial charge in [-0.05, 0) is 19.2 Å². The summed E-state index contributed by atoms with van der Waals surface area (Å²) >= 11 is 0. The third-order valence-electron chi connectivity index (χ3n) is 4.60. The van der Waals surface area contributed by atoms with Crippen molar-refractivity contribution in [2.24, 2.45) is 0 Å². The molecule has 0 atom stereocenters. The summed E-state index contributed by atoms with van der Waals surface area (Å²) in [5.41, 5.74) is 0. The van der Waals surface area contributed by atoms with Gasteiger partial charge in [0, 0.05) is 12.3 Å². The molecule has 25 heavy (non-hydrogen) atoms. The fraction of sp³-hybridized carbons (Fsp3) is 0.400. The van der Waals surface area contributed by atoms with Gasteiger partial charge in [0.25, 0.3) is 0 Å². The van der Waals surface area contributed by atoms with Crippen LogP contribution in [0, 0.1) is 0 Å². The Morgan fingerprint density at radius 2 is 1.32 bits per heavy atom. The molecule has 0 bridgehead atoms. The second kappa shape index (κ2) is 8.96. The van der Waals surface area contributed by atoms with E-state index < -0.39 is 0 Å². The van der Waals surface area contributed by atoms with Crippen LogP contribution in [0.25, 0.3) is 0 Å². The molecule has 0 saturated carbocycles. The summed E-state index contributed by atoms with van der Waals surface area (Å²) in [5, 5.41) is 1.52. The molecule has 1 aromatic carbocycles. The predicted octanol–water partition coefficient (Wildman–Crippen LogP) is 2.41. The van der Waals surface area contributed by atoms with Crippen molar-refractivity contribution in [2.45, 2.75) is 40.0 Å². The summed E-state index contributed by atoms with van der Waals surface area (Å²) in [6.07, 6.45) is 15.6. The lowest BCUT2D eigenvalue weighted by Gasteiger charge is -2.16. The van der Waals surface area contributed by atoms with Crippen molar-refractivity contribution >= 4 is 13.2 Å². The first-order valence-electron chi connectivity index (χ1n) is 9.18. The van der Waals surface area contributed by atoms with Crippen molar-refractivity contribution in [2.75, 3.05) is 12.3 Å². The first-order valence-corrected chi connectivity index (χ1v) is 10.9. The minimum Gasteiger partial charge on any atom is -0.237 e. The Hall–Kier alpha value is -1.93. The van der Waals surface area contributed by atoms with Crippen LogP contribution in [0.1, 0.15) is 13.8 Å². The van der Waals surface area contributed by atoms with Gasteiger partial charge in [0.1, 0.15) is 24.8 Å². The predicted molar refractivity (Wildman–Crippen MR) is 103 cm³/mol. The van der Waals surface area contributed by atoms with Gasteiger partial charge in [-0.2, -0.15) is 0 Å². The molecule has 0 radical (unpaired) electrons. The van der Waals surface area contributed by atoms with Crippen LogP contribution < -0.4 is 14.4 Å². The average molecular weight is 356 g/mol. The highest BCUT2D eigenvalue weighted by molar-refractivity contribution is 7.65. The van der Waals surface area contributed by atoms with Crippen LogP contribution in [-0.2, 0) is 26.2 Å². The van der Waals surface area contributed by atoms with E-state index in [4.69, 9.17) is 0 Å². The first kappa shape index (κ1) is 17.9. The number of benzene rings is 1. The van der Waals surface area contributed by atoms with E-state index in [1.54, 1.807) is 0 Å². The molecule has 0 aliphatic carbocycles. The molecule has 0 fully saturated rings. The van der Waals surface area contributed by atoms with Gasteiger partial charge in [-0.3, -0.25) is 0 Å². The second-order valence-electron chi connectivity index (χ2n) is 6.29. The van der Waals surface area contributed by atoms with E-state index in [0.29, 0.717) is 0 Å². The summed E-state index contributed by atoms with van der Waals surface area (Å²) in [7, 11) is -0.153. The number of aromatic nitrogens is 4. The molecular formula is C20H29N4P+2. The summed E-state index contributed by atoms with van der Waals surface area (Å²) in [4.78, 5) is 0. The van der Waals surface area contributed by atoms with Gasteiger partial charge in [-0.15, -0.1) is 0 Å². The molecule has 2 aromatic heterocycles. The molecular weight excluding hydrogens is 327 g/mol. The lowest BCUT2D eigenvalue weighted by atomic mass is 10.4. The molecule has 0 spiro atoms. The van der Waals surface area contributed by atoms with Crippen molar-refractivity contribution < 1.29 is 9.13 Å². The first-order chi connectivity index (χ1) is 12.3. The molecule has 0 amide bonds. The van der Waals surface area contributed by atoms with E-state index in [2.05, 4.69) is 99.9 Å². The van der Waals surface area contributed by atoms with E-state index in [9.17, 15) is 0 Å². The Labute approximate surface area is 152 Å². The second-order valence-corrected chi connectivity index (χ2v) is 8.78. The zero-order chi connectivity index (χ0) is 17.5. The van der Waals surface area contributed by atoms with Crippen LogP contribution in [0.3, 0.4) is 0 Å². The molecule has 3 aromatic rings. The molecule has 132 valence electrons. The number of imidazole rings is 2. The number of hydrogen-bond donors (Lipinski definition) is 0. The number of nitrogens with zero attached hydrogens (tertiary/aromatic N) is 4. The Morgan fingerprint density at radius 3 is 1.76 bits per heavy atom. The maximum absolute atomic E-state index is 2.32.